The molecule has 0 saturated heterocycles. The van der Waals surface area contributed by atoms with Crippen molar-refractivity contribution in [1.29, 1.82) is 0 Å². The lowest BCUT2D eigenvalue weighted by atomic mass is 9.79. The summed E-state index contributed by atoms with van der Waals surface area (Å²) in [6, 6.07) is 16.3. The number of carbonyl (C=O) groups is 3. The summed E-state index contributed by atoms with van der Waals surface area (Å²) in [5.41, 5.74) is 2.97. The standard InChI is InChI=1S/C32H32O11/c1-4-11-39-21-7-8-22-24(13-21)30(31(32(35)36)29(22)19-5-10-25-27(12-19)42-17-41-25)23-9-6-20(37-3)14-26(23)40-16-38-15-28(34)43-18(2)33/h5-10,12-14,29-31H,4,11,15-17H2,1-3H3,(H,35,36)/t29-,30+,31+/m0/s1. The molecule has 3 aromatic carbocycles. The summed E-state index contributed by atoms with van der Waals surface area (Å²) in [5, 5.41) is 10.7. The summed E-state index contributed by atoms with van der Waals surface area (Å²) in [7, 11) is 1.50. The number of rotatable bonds is 12. The average molecular weight is 593 g/mol. The summed E-state index contributed by atoms with van der Waals surface area (Å²) in [4.78, 5) is 35.8. The molecular formula is C32H32O11. The van der Waals surface area contributed by atoms with Crippen molar-refractivity contribution >= 4 is 17.9 Å². The zero-order valence-corrected chi connectivity index (χ0v) is 24.0. The third kappa shape index (κ3) is 6.36. The van der Waals surface area contributed by atoms with Gasteiger partial charge in [-0.25, -0.2) is 4.79 Å². The topological polar surface area (TPSA) is 136 Å². The van der Waals surface area contributed by atoms with Gasteiger partial charge in [-0.3, -0.25) is 9.59 Å². The fraction of sp³-hybridized carbons (Fsp3) is 0.344. The van der Waals surface area contributed by atoms with Gasteiger partial charge in [-0.15, -0.1) is 0 Å². The quantitative estimate of drug-likeness (QED) is 0.136. The minimum atomic E-state index is -0.995. The number of benzene rings is 3. The van der Waals surface area contributed by atoms with Crippen LogP contribution < -0.4 is 23.7 Å². The second-order valence-corrected chi connectivity index (χ2v) is 10.1. The molecule has 1 aliphatic heterocycles. The average Bonchev–Trinajstić information content (AvgIpc) is 3.59. The Morgan fingerprint density at radius 1 is 0.884 bits per heavy atom. The van der Waals surface area contributed by atoms with Crippen LogP contribution in [0.3, 0.4) is 0 Å². The number of fused-ring (bicyclic) bond motifs is 2. The van der Waals surface area contributed by atoms with E-state index in [4.69, 9.17) is 28.4 Å². The summed E-state index contributed by atoms with van der Waals surface area (Å²) >= 11 is 0. The first kappa shape index (κ1) is 29.7. The number of carboxylic acid groups (broad SMARTS) is 1. The number of methoxy groups -OCH3 is 1. The van der Waals surface area contributed by atoms with Crippen LogP contribution in [0, 0.1) is 5.92 Å². The molecule has 0 amide bonds. The van der Waals surface area contributed by atoms with Crippen LogP contribution in [-0.4, -0.2) is 56.9 Å². The second kappa shape index (κ2) is 13.0. The van der Waals surface area contributed by atoms with Crippen molar-refractivity contribution in [3.8, 4) is 28.7 Å². The van der Waals surface area contributed by atoms with Gasteiger partial charge in [-0.2, -0.15) is 0 Å². The Balaban J connectivity index is 1.56. The van der Waals surface area contributed by atoms with Gasteiger partial charge < -0.3 is 38.3 Å². The van der Waals surface area contributed by atoms with Crippen LogP contribution in [0.4, 0.5) is 0 Å². The van der Waals surface area contributed by atoms with Crippen LogP contribution in [0.25, 0.3) is 0 Å². The first-order valence-electron chi connectivity index (χ1n) is 13.8. The van der Waals surface area contributed by atoms with Crippen molar-refractivity contribution < 1.29 is 52.6 Å². The molecule has 0 bridgehead atoms. The number of aliphatic carboxylic acids is 1. The third-order valence-corrected chi connectivity index (χ3v) is 7.29. The van der Waals surface area contributed by atoms with Crippen LogP contribution in [0.15, 0.2) is 54.6 Å². The van der Waals surface area contributed by atoms with Crippen molar-refractivity contribution in [3.63, 3.8) is 0 Å². The SMILES string of the molecule is CCCOc1ccc2c(c1)[C@@H](c1ccc(OC)cc1OCOCC(=O)OC(C)=O)[C@H](C(=O)O)[C@H]2c1ccc2c(c1)OCO2. The van der Waals surface area contributed by atoms with Gasteiger partial charge in [0, 0.05) is 30.4 Å². The van der Waals surface area contributed by atoms with Crippen LogP contribution in [0.1, 0.15) is 54.4 Å². The molecular weight excluding hydrogens is 560 g/mol. The molecule has 1 heterocycles. The molecule has 0 aromatic heterocycles. The lowest BCUT2D eigenvalue weighted by molar-refractivity contribution is -0.163. The zero-order chi connectivity index (χ0) is 30.5. The predicted molar refractivity (Wildman–Crippen MR) is 151 cm³/mol. The van der Waals surface area contributed by atoms with Crippen LogP contribution in [0.2, 0.25) is 0 Å². The number of hydrogen-bond acceptors (Lipinski definition) is 10. The largest absolute Gasteiger partial charge is 0.497 e. The van der Waals surface area contributed by atoms with E-state index in [0.717, 1.165) is 30.0 Å². The maximum absolute atomic E-state index is 13.1. The molecule has 11 nitrogen and oxygen atoms in total. The highest BCUT2D eigenvalue weighted by Gasteiger charge is 2.48. The van der Waals surface area contributed by atoms with Gasteiger partial charge in [0.25, 0.3) is 0 Å². The molecule has 1 aliphatic carbocycles. The van der Waals surface area contributed by atoms with Gasteiger partial charge in [0.15, 0.2) is 18.3 Å². The normalized spacial score (nSPS) is 18.1. The third-order valence-electron chi connectivity index (χ3n) is 7.29. The minimum absolute atomic E-state index is 0.101. The van der Waals surface area contributed by atoms with Crippen LogP contribution in [0.5, 0.6) is 28.7 Å². The van der Waals surface area contributed by atoms with E-state index in [-0.39, 0.29) is 13.6 Å². The Bertz CT molecular complexity index is 1520. The zero-order valence-electron chi connectivity index (χ0n) is 24.0. The van der Waals surface area contributed by atoms with Gasteiger partial charge in [-0.1, -0.05) is 25.1 Å². The Hall–Kier alpha value is -4.77. The molecule has 0 saturated carbocycles. The molecule has 43 heavy (non-hydrogen) atoms. The monoisotopic (exact) mass is 592 g/mol. The van der Waals surface area contributed by atoms with Crippen molar-refractivity contribution in [3.05, 3.63) is 76.9 Å². The van der Waals surface area contributed by atoms with E-state index in [2.05, 4.69) is 4.74 Å². The Kier molecular flexibility index (Phi) is 9.01. The molecule has 0 spiro atoms. The maximum Gasteiger partial charge on any atom is 0.339 e. The first-order valence-corrected chi connectivity index (χ1v) is 13.8. The van der Waals surface area contributed by atoms with Gasteiger partial charge in [0.2, 0.25) is 6.79 Å². The highest BCUT2D eigenvalue weighted by Crippen LogP contribution is 2.56. The van der Waals surface area contributed by atoms with Crippen molar-refractivity contribution in [1.82, 2.24) is 0 Å². The number of carboxylic acids is 1. The number of hydrogen-bond donors (Lipinski definition) is 1. The van der Waals surface area contributed by atoms with E-state index in [1.807, 2.05) is 37.3 Å². The van der Waals surface area contributed by atoms with Gasteiger partial charge >= 0.3 is 17.9 Å². The number of esters is 2. The van der Waals surface area contributed by atoms with E-state index in [0.29, 0.717) is 40.9 Å². The smallest absolute Gasteiger partial charge is 0.339 e. The van der Waals surface area contributed by atoms with E-state index in [1.165, 1.54) is 7.11 Å². The lowest BCUT2D eigenvalue weighted by Crippen LogP contribution is -2.24. The van der Waals surface area contributed by atoms with Crippen molar-refractivity contribution in [2.24, 2.45) is 5.92 Å². The van der Waals surface area contributed by atoms with Gasteiger partial charge in [0.1, 0.15) is 23.9 Å². The fourth-order valence-corrected chi connectivity index (χ4v) is 5.58. The second-order valence-electron chi connectivity index (χ2n) is 10.1. The van der Waals surface area contributed by atoms with E-state index < -0.39 is 42.3 Å². The van der Waals surface area contributed by atoms with E-state index >= 15 is 0 Å². The molecule has 2 aliphatic rings. The number of carbonyl (C=O) groups excluding carboxylic acids is 2. The maximum atomic E-state index is 13.1. The Morgan fingerprint density at radius 2 is 1.65 bits per heavy atom. The summed E-state index contributed by atoms with van der Waals surface area (Å²) < 4.78 is 38.1. The molecule has 226 valence electrons. The molecule has 3 aromatic rings. The van der Waals surface area contributed by atoms with Gasteiger partial charge in [0.05, 0.1) is 19.6 Å². The van der Waals surface area contributed by atoms with Gasteiger partial charge in [-0.05, 0) is 53.4 Å². The summed E-state index contributed by atoms with van der Waals surface area (Å²) in [6.45, 7) is 2.87. The molecule has 3 atom stereocenters. The minimum Gasteiger partial charge on any atom is -0.497 e. The summed E-state index contributed by atoms with van der Waals surface area (Å²) in [5.74, 6) is -2.13. The lowest BCUT2D eigenvalue weighted by Gasteiger charge is -2.25. The fourth-order valence-electron chi connectivity index (χ4n) is 5.58. The molecule has 11 heteroatoms. The Morgan fingerprint density at radius 3 is 2.40 bits per heavy atom. The molecule has 0 radical (unpaired) electrons. The highest BCUT2D eigenvalue weighted by atomic mass is 16.7. The van der Waals surface area contributed by atoms with Crippen molar-refractivity contribution in [2.75, 3.05) is 33.9 Å². The Labute approximate surface area is 248 Å². The van der Waals surface area contributed by atoms with E-state index in [9.17, 15) is 19.5 Å². The van der Waals surface area contributed by atoms with E-state index in [1.54, 1.807) is 24.3 Å². The first-order chi connectivity index (χ1) is 20.8. The predicted octanol–water partition coefficient (Wildman–Crippen LogP) is 4.63. The summed E-state index contributed by atoms with van der Waals surface area (Å²) in [6.07, 6.45) is 0.814. The van der Waals surface area contributed by atoms with Crippen LogP contribution >= 0.6 is 0 Å². The molecule has 5 rings (SSSR count). The highest BCUT2D eigenvalue weighted by molar-refractivity contribution is 5.84. The molecule has 1 N–H and O–H groups in total. The van der Waals surface area contributed by atoms with Crippen molar-refractivity contribution in [2.45, 2.75) is 32.1 Å². The molecule has 0 fully saturated rings. The number of ether oxygens (including phenoxy) is 7. The van der Waals surface area contributed by atoms with Crippen LogP contribution in [-0.2, 0) is 23.9 Å². The molecule has 0 unspecified atom stereocenters.